The largest absolute Gasteiger partial charge is 0.374 e. The Bertz CT molecular complexity index is 418. The molecule has 8 heteroatoms. The molecule has 0 aliphatic rings. The van der Waals surface area contributed by atoms with Gasteiger partial charge in [-0.25, -0.2) is 13.8 Å². The number of anilines is 1. The van der Waals surface area contributed by atoms with E-state index < -0.39 is 18.9 Å². The van der Waals surface area contributed by atoms with E-state index in [1.165, 1.54) is 12.4 Å². The molecule has 6 nitrogen and oxygen atoms in total. The number of nitrogens with zero attached hydrogens (tertiary/aromatic N) is 2. The molecule has 1 amide bonds. The summed E-state index contributed by atoms with van der Waals surface area (Å²) in [5, 5.41) is 5.53. The number of aromatic nitrogens is 2. The SMILES string of the molecule is CCCNc1cncc(C(=O)NCCOCC(F)F)n1. The first-order valence-electron chi connectivity index (χ1n) is 6.33. The third kappa shape index (κ3) is 6.37. The molecule has 0 atom stereocenters. The zero-order valence-corrected chi connectivity index (χ0v) is 11.2. The van der Waals surface area contributed by atoms with E-state index in [9.17, 15) is 13.6 Å². The average molecular weight is 288 g/mol. The van der Waals surface area contributed by atoms with Crippen molar-refractivity contribution in [3.05, 3.63) is 18.1 Å². The lowest BCUT2D eigenvalue weighted by atomic mass is 10.4. The number of rotatable bonds is 9. The van der Waals surface area contributed by atoms with E-state index in [4.69, 9.17) is 0 Å². The Morgan fingerprint density at radius 3 is 2.90 bits per heavy atom. The van der Waals surface area contributed by atoms with Gasteiger partial charge in [-0.3, -0.25) is 9.78 Å². The minimum absolute atomic E-state index is 0.0251. The van der Waals surface area contributed by atoms with Crippen LogP contribution in [0.15, 0.2) is 12.4 Å². The third-order valence-corrected chi connectivity index (χ3v) is 2.20. The summed E-state index contributed by atoms with van der Waals surface area (Å²) in [5.41, 5.74) is 0.167. The van der Waals surface area contributed by atoms with Crippen molar-refractivity contribution in [3.8, 4) is 0 Å². The van der Waals surface area contributed by atoms with Gasteiger partial charge in [-0.1, -0.05) is 6.92 Å². The molecule has 20 heavy (non-hydrogen) atoms. The first-order valence-corrected chi connectivity index (χ1v) is 6.33. The molecule has 2 N–H and O–H groups in total. The third-order valence-electron chi connectivity index (χ3n) is 2.20. The summed E-state index contributed by atoms with van der Waals surface area (Å²) >= 11 is 0. The minimum atomic E-state index is -2.50. The quantitative estimate of drug-likeness (QED) is 0.670. The van der Waals surface area contributed by atoms with Gasteiger partial charge in [-0.05, 0) is 6.42 Å². The van der Waals surface area contributed by atoms with Gasteiger partial charge in [0, 0.05) is 13.1 Å². The number of ether oxygens (including phenoxy) is 1. The Morgan fingerprint density at radius 1 is 1.40 bits per heavy atom. The van der Waals surface area contributed by atoms with Crippen LogP contribution >= 0.6 is 0 Å². The summed E-state index contributed by atoms with van der Waals surface area (Å²) in [4.78, 5) is 19.7. The van der Waals surface area contributed by atoms with Gasteiger partial charge in [0.1, 0.15) is 18.1 Å². The van der Waals surface area contributed by atoms with Crippen LogP contribution < -0.4 is 10.6 Å². The monoisotopic (exact) mass is 288 g/mol. The van der Waals surface area contributed by atoms with Gasteiger partial charge >= 0.3 is 0 Å². The van der Waals surface area contributed by atoms with Crippen LogP contribution in [0.5, 0.6) is 0 Å². The number of carbonyl (C=O) groups excluding carboxylic acids is 1. The van der Waals surface area contributed by atoms with Crippen molar-refractivity contribution in [1.29, 1.82) is 0 Å². The molecular formula is C12H18F2N4O2. The van der Waals surface area contributed by atoms with Crippen LogP contribution in [0.4, 0.5) is 14.6 Å². The second-order valence-corrected chi connectivity index (χ2v) is 3.94. The fourth-order valence-corrected chi connectivity index (χ4v) is 1.31. The Balaban J connectivity index is 2.35. The van der Waals surface area contributed by atoms with Gasteiger partial charge in [0.15, 0.2) is 0 Å². The van der Waals surface area contributed by atoms with E-state index in [0.717, 1.165) is 13.0 Å². The predicted octanol–water partition coefficient (Wildman–Crippen LogP) is 1.31. The van der Waals surface area contributed by atoms with Gasteiger partial charge in [0.25, 0.3) is 12.3 Å². The number of carbonyl (C=O) groups is 1. The molecule has 0 bridgehead atoms. The number of hydrogen-bond donors (Lipinski definition) is 2. The highest BCUT2D eigenvalue weighted by Crippen LogP contribution is 2.02. The van der Waals surface area contributed by atoms with Crippen LogP contribution in [-0.4, -0.2) is 48.6 Å². The second kappa shape index (κ2) is 9.13. The summed E-state index contributed by atoms with van der Waals surface area (Å²) in [7, 11) is 0. The molecule has 0 aromatic carbocycles. The summed E-state index contributed by atoms with van der Waals surface area (Å²) < 4.78 is 28.2. The van der Waals surface area contributed by atoms with E-state index >= 15 is 0 Å². The predicted molar refractivity (Wildman–Crippen MR) is 70.0 cm³/mol. The molecule has 0 radical (unpaired) electrons. The molecule has 0 fully saturated rings. The van der Waals surface area contributed by atoms with Crippen molar-refractivity contribution in [2.45, 2.75) is 19.8 Å². The number of nitrogens with one attached hydrogen (secondary N) is 2. The molecular weight excluding hydrogens is 270 g/mol. The van der Waals surface area contributed by atoms with Gasteiger partial charge < -0.3 is 15.4 Å². The Hall–Kier alpha value is -1.83. The van der Waals surface area contributed by atoms with E-state index in [2.05, 4.69) is 25.3 Å². The number of amides is 1. The highest BCUT2D eigenvalue weighted by Gasteiger charge is 2.08. The van der Waals surface area contributed by atoms with Crippen molar-refractivity contribution in [1.82, 2.24) is 15.3 Å². The van der Waals surface area contributed by atoms with E-state index in [1.807, 2.05) is 6.92 Å². The fraction of sp³-hybridized carbons (Fsp3) is 0.583. The van der Waals surface area contributed by atoms with Gasteiger partial charge in [-0.2, -0.15) is 0 Å². The second-order valence-electron chi connectivity index (χ2n) is 3.94. The summed E-state index contributed by atoms with van der Waals surface area (Å²) in [5.74, 6) is 0.103. The first kappa shape index (κ1) is 16.2. The van der Waals surface area contributed by atoms with E-state index in [1.54, 1.807) is 0 Å². The van der Waals surface area contributed by atoms with Crippen molar-refractivity contribution >= 4 is 11.7 Å². The van der Waals surface area contributed by atoms with Crippen LogP contribution in [-0.2, 0) is 4.74 Å². The topological polar surface area (TPSA) is 76.1 Å². The van der Waals surface area contributed by atoms with Gasteiger partial charge in [0.2, 0.25) is 0 Å². The molecule has 0 saturated heterocycles. The number of halogens is 2. The van der Waals surface area contributed by atoms with Crippen molar-refractivity contribution in [2.24, 2.45) is 0 Å². The van der Waals surface area contributed by atoms with E-state index in [-0.39, 0.29) is 18.8 Å². The maximum atomic E-state index is 11.8. The van der Waals surface area contributed by atoms with Crippen LogP contribution in [0.3, 0.4) is 0 Å². The Morgan fingerprint density at radius 2 is 2.20 bits per heavy atom. The summed E-state index contributed by atoms with van der Waals surface area (Å²) in [6.07, 6.45) is 1.29. The van der Waals surface area contributed by atoms with Gasteiger partial charge in [-0.15, -0.1) is 0 Å². The molecule has 0 unspecified atom stereocenters. The van der Waals surface area contributed by atoms with Crippen molar-refractivity contribution in [3.63, 3.8) is 0 Å². The molecule has 1 aromatic heterocycles. The highest BCUT2D eigenvalue weighted by atomic mass is 19.3. The molecule has 0 saturated carbocycles. The van der Waals surface area contributed by atoms with Gasteiger partial charge in [0.05, 0.1) is 19.0 Å². The summed E-state index contributed by atoms with van der Waals surface area (Å²) in [6.45, 7) is 2.28. The van der Waals surface area contributed by atoms with Crippen LogP contribution in [0.2, 0.25) is 0 Å². The summed E-state index contributed by atoms with van der Waals surface area (Å²) in [6, 6.07) is 0. The lowest BCUT2D eigenvalue weighted by molar-refractivity contribution is 0.0188. The fourth-order valence-electron chi connectivity index (χ4n) is 1.31. The molecule has 1 heterocycles. The smallest absolute Gasteiger partial charge is 0.271 e. The maximum absolute atomic E-state index is 11.8. The number of alkyl halides is 2. The standard InChI is InChI=1S/C12H18F2N4O2/c1-2-3-16-11-7-15-6-9(18-11)12(19)17-4-5-20-8-10(13)14/h6-7,10H,2-5,8H2,1H3,(H,16,18)(H,17,19). The minimum Gasteiger partial charge on any atom is -0.374 e. The molecule has 0 aliphatic carbocycles. The molecule has 112 valence electrons. The Kier molecular flexibility index (Phi) is 7.41. The highest BCUT2D eigenvalue weighted by molar-refractivity contribution is 5.92. The Labute approximate surface area is 115 Å². The molecule has 0 spiro atoms. The van der Waals surface area contributed by atoms with E-state index in [0.29, 0.717) is 5.82 Å². The molecule has 0 aliphatic heterocycles. The zero-order valence-electron chi connectivity index (χ0n) is 11.2. The first-order chi connectivity index (χ1) is 9.63. The van der Waals surface area contributed by atoms with Crippen LogP contribution in [0.1, 0.15) is 23.8 Å². The normalized spacial score (nSPS) is 10.6. The lowest BCUT2D eigenvalue weighted by Gasteiger charge is -2.07. The molecule has 1 aromatic rings. The van der Waals surface area contributed by atoms with Crippen molar-refractivity contribution in [2.75, 3.05) is 31.6 Å². The van der Waals surface area contributed by atoms with Crippen LogP contribution in [0, 0.1) is 0 Å². The number of hydrogen-bond acceptors (Lipinski definition) is 5. The molecule has 1 rings (SSSR count). The van der Waals surface area contributed by atoms with Crippen molar-refractivity contribution < 1.29 is 18.3 Å². The maximum Gasteiger partial charge on any atom is 0.271 e. The average Bonchev–Trinajstić information content (AvgIpc) is 2.44. The lowest BCUT2D eigenvalue weighted by Crippen LogP contribution is -2.28. The van der Waals surface area contributed by atoms with Crippen LogP contribution in [0.25, 0.3) is 0 Å². The zero-order chi connectivity index (χ0) is 14.8.